The molecule has 1 aromatic heterocycles. The summed E-state index contributed by atoms with van der Waals surface area (Å²) < 4.78 is 0. The van der Waals surface area contributed by atoms with Crippen molar-refractivity contribution in [1.29, 1.82) is 0 Å². The SMILES string of the molecule is CN(C)c1ccc(NC(=O)C(C)(N)c2ccccc2)nc1. The van der Waals surface area contributed by atoms with E-state index in [9.17, 15) is 4.79 Å². The van der Waals surface area contributed by atoms with E-state index in [1.54, 1.807) is 19.2 Å². The van der Waals surface area contributed by atoms with Gasteiger partial charge in [-0.1, -0.05) is 30.3 Å². The van der Waals surface area contributed by atoms with Crippen molar-refractivity contribution in [2.75, 3.05) is 24.3 Å². The summed E-state index contributed by atoms with van der Waals surface area (Å²) in [5, 5.41) is 2.75. The Kier molecular flexibility index (Phi) is 4.23. The fraction of sp³-hybridized carbons (Fsp3) is 0.250. The molecule has 1 heterocycles. The van der Waals surface area contributed by atoms with E-state index in [1.165, 1.54) is 0 Å². The van der Waals surface area contributed by atoms with Crippen LogP contribution in [0.25, 0.3) is 0 Å². The van der Waals surface area contributed by atoms with Gasteiger partial charge in [-0.15, -0.1) is 0 Å². The van der Waals surface area contributed by atoms with Crippen molar-refractivity contribution in [3.63, 3.8) is 0 Å². The Hall–Kier alpha value is -2.40. The number of hydrogen-bond donors (Lipinski definition) is 2. The van der Waals surface area contributed by atoms with Crippen LogP contribution in [0.3, 0.4) is 0 Å². The number of rotatable bonds is 4. The summed E-state index contributed by atoms with van der Waals surface area (Å²) in [5.41, 5.74) is 6.77. The van der Waals surface area contributed by atoms with E-state index in [0.717, 1.165) is 11.3 Å². The van der Waals surface area contributed by atoms with Crippen LogP contribution < -0.4 is 16.0 Å². The number of carbonyl (C=O) groups is 1. The molecule has 0 spiro atoms. The van der Waals surface area contributed by atoms with Crippen molar-refractivity contribution in [3.8, 4) is 0 Å². The smallest absolute Gasteiger partial charge is 0.249 e. The Morgan fingerprint density at radius 3 is 2.38 bits per heavy atom. The Bertz CT molecular complexity index is 606. The number of aromatic nitrogens is 1. The van der Waals surface area contributed by atoms with Crippen LogP contribution in [0.2, 0.25) is 0 Å². The summed E-state index contributed by atoms with van der Waals surface area (Å²) in [6.07, 6.45) is 1.70. The fourth-order valence-electron chi connectivity index (χ4n) is 1.89. The third-order valence-corrected chi connectivity index (χ3v) is 3.35. The number of nitrogens with one attached hydrogen (secondary N) is 1. The molecule has 1 amide bonds. The topological polar surface area (TPSA) is 71.2 Å². The number of benzene rings is 1. The van der Waals surface area contributed by atoms with E-state index in [1.807, 2.05) is 55.4 Å². The normalized spacial score (nSPS) is 13.3. The molecular weight excluding hydrogens is 264 g/mol. The molecule has 1 aromatic carbocycles. The van der Waals surface area contributed by atoms with Crippen molar-refractivity contribution in [3.05, 3.63) is 54.2 Å². The van der Waals surface area contributed by atoms with Crippen molar-refractivity contribution >= 4 is 17.4 Å². The van der Waals surface area contributed by atoms with Gasteiger partial charge >= 0.3 is 0 Å². The molecule has 2 rings (SSSR count). The maximum Gasteiger partial charge on any atom is 0.249 e. The van der Waals surface area contributed by atoms with Gasteiger partial charge in [0.2, 0.25) is 5.91 Å². The maximum atomic E-state index is 12.4. The van der Waals surface area contributed by atoms with Crippen LogP contribution in [0.1, 0.15) is 12.5 Å². The third-order valence-electron chi connectivity index (χ3n) is 3.35. The van der Waals surface area contributed by atoms with Crippen LogP contribution in [-0.4, -0.2) is 25.0 Å². The van der Waals surface area contributed by atoms with Crippen LogP contribution in [0.5, 0.6) is 0 Å². The molecule has 0 aliphatic carbocycles. The number of carbonyl (C=O) groups excluding carboxylic acids is 1. The standard InChI is InChI=1S/C16H20N4O/c1-16(17,12-7-5-4-6-8-12)15(21)19-14-10-9-13(11-18-14)20(2)3/h4-11H,17H2,1-3H3,(H,18,19,21). The second-order valence-corrected chi connectivity index (χ2v) is 5.32. The van der Waals surface area contributed by atoms with Gasteiger partial charge in [-0.25, -0.2) is 4.98 Å². The first-order chi connectivity index (χ1) is 9.91. The van der Waals surface area contributed by atoms with Crippen LogP contribution >= 0.6 is 0 Å². The Labute approximate surface area is 124 Å². The molecular formula is C16H20N4O. The average molecular weight is 284 g/mol. The number of nitrogens with two attached hydrogens (primary N) is 1. The molecule has 2 aromatic rings. The molecule has 1 atom stereocenters. The van der Waals surface area contributed by atoms with Crippen LogP contribution in [0.15, 0.2) is 48.7 Å². The third kappa shape index (κ3) is 3.38. The summed E-state index contributed by atoms with van der Waals surface area (Å²) in [7, 11) is 3.86. The molecule has 0 aliphatic heterocycles. The Morgan fingerprint density at radius 1 is 1.19 bits per heavy atom. The molecule has 3 N–H and O–H groups in total. The lowest BCUT2D eigenvalue weighted by Gasteiger charge is -2.24. The average Bonchev–Trinajstić information content (AvgIpc) is 2.48. The highest BCUT2D eigenvalue weighted by atomic mass is 16.2. The van der Waals surface area contributed by atoms with Gasteiger partial charge in [0, 0.05) is 14.1 Å². The van der Waals surface area contributed by atoms with Gasteiger partial charge < -0.3 is 16.0 Å². The maximum absolute atomic E-state index is 12.4. The lowest BCUT2D eigenvalue weighted by atomic mass is 9.92. The molecule has 0 bridgehead atoms. The minimum atomic E-state index is -1.11. The highest BCUT2D eigenvalue weighted by Gasteiger charge is 2.30. The molecule has 0 saturated carbocycles. The quantitative estimate of drug-likeness (QED) is 0.900. The number of hydrogen-bond acceptors (Lipinski definition) is 4. The second-order valence-electron chi connectivity index (χ2n) is 5.32. The Morgan fingerprint density at radius 2 is 1.86 bits per heavy atom. The predicted octanol–water partition coefficient (Wildman–Crippen LogP) is 1.96. The van der Waals surface area contributed by atoms with Crippen LogP contribution in [-0.2, 0) is 10.3 Å². The van der Waals surface area contributed by atoms with Gasteiger partial charge in [-0.3, -0.25) is 4.79 Å². The van der Waals surface area contributed by atoms with Gasteiger partial charge in [0.05, 0.1) is 11.9 Å². The molecule has 1 unspecified atom stereocenters. The van der Waals surface area contributed by atoms with E-state index in [4.69, 9.17) is 5.73 Å². The second kappa shape index (κ2) is 5.93. The molecule has 21 heavy (non-hydrogen) atoms. The predicted molar refractivity (Wildman–Crippen MR) is 85.2 cm³/mol. The molecule has 110 valence electrons. The zero-order chi connectivity index (χ0) is 15.5. The summed E-state index contributed by atoms with van der Waals surface area (Å²) in [4.78, 5) is 18.5. The molecule has 5 heteroatoms. The van der Waals surface area contributed by atoms with E-state index in [-0.39, 0.29) is 5.91 Å². The molecule has 0 saturated heterocycles. The number of amides is 1. The zero-order valence-electron chi connectivity index (χ0n) is 12.5. The molecule has 0 fully saturated rings. The van der Waals surface area contributed by atoms with Gasteiger partial charge in [0.25, 0.3) is 0 Å². The first kappa shape index (κ1) is 15.0. The van der Waals surface area contributed by atoms with E-state index in [2.05, 4.69) is 10.3 Å². The van der Waals surface area contributed by atoms with Gasteiger partial charge in [-0.2, -0.15) is 0 Å². The number of nitrogens with zero attached hydrogens (tertiary/aromatic N) is 2. The van der Waals surface area contributed by atoms with E-state index in [0.29, 0.717) is 5.82 Å². The van der Waals surface area contributed by atoms with Crippen molar-refractivity contribution in [1.82, 2.24) is 4.98 Å². The minimum absolute atomic E-state index is 0.293. The van der Waals surface area contributed by atoms with Crippen LogP contribution in [0, 0.1) is 0 Å². The minimum Gasteiger partial charge on any atom is -0.376 e. The summed E-state index contributed by atoms with van der Waals surface area (Å²) in [5.74, 6) is 0.192. The first-order valence-electron chi connectivity index (χ1n) is 6.70. The highest BCUT2D eigenvalue weighted by Crippen LogP contribution is 2.20. The van der Waals surface area contributed by atoms with Crippen LogP contribution in [0.4, 0.5) is 11.5 Å². The molecule has 0 aliphatic rings. The van der Waals surface area contributed by atoms with Crippen molar-refractivity contribution in [2.45, 2.75) is 12.5 Å². The lowest BCUT2D eigenvalue weighted by molar-refractivity contribution is -0.120. The van der Waals surface area contributed by atoms with Gasteiger partial charge in [0.15, 0.2) is 0 Å². The monoisotopic (exact) mass is 284 g/mol. The number of anilines is 2. The Balaban J connectivity index is 2.14. The molecule has 5 nitrogen and oxygen atoms in total. The summed E-state index contributed by atoms with van der Waals surface area (Å²) in [6, 6.07) is 12.9. The van der Waals surface area contributed by atoms with Crippen molar-refractivity contribution < 1.29 is 4.79 Å². The molecule has 0 radical (unpaired) electrons. The zero-order valence-corrected chi connectivity index (χ0v) is 12.5. The van der Waals surface area contributed by atoms with E-state index < -0.39 is 5.54 Å². The van der Waals surface area contributed by atoms with E-state index >= 15 is 0 Å². The highest BCUT2D eigenvalue weighted by molar-refractivity contribution is 5.97. The summed E-state index contributed by atoms with van der Waals surface area (Å²) in [6.45, 7) is 1.69. The van der Waals surface area contributed by atoms with Gasteiger partial charge in [-0.05, 0) is 24.6 Å². The first-order valence-corrected chi connectivity index (χ1v) is 6.70. The largest absolute Gasteiger partial charge is 0.376 e. The fourth-order valence-corrected chi connectivity index (χ4v) is 1.89. The summed E-state index contributed by atoms with van der Waals surface area (Å²) >= 11 is 0. The van der Waals surface area contributed by atoms with Crippen molar-refractivity contribution in [2.24, 2.45) is 5.73 Å². The van der Waals surface area contributed by atoms with Gasteiger partial charge in [0.1, 0.15) is 11.4 Å². The number of pyridine rings is 1. The lowest BCUT2D eigenvalue weighted by Crippen LogP contribution is -2.45.